The van der Waals surface area contributed by atoms with Crippen molar-refractivity contribution in [2.24, 2.45) is 5.92 Å². The van der Waals surface area contributed by atoms with Crippen LogP contribution in [0.25, 0.3) is 0 Å². The average Bonchev–Trinajstić information content (AvgIpc) is 3.43. The number of hydrogen-bond acceptors (Lipinski definition) is 6. The zero-order chi connectivity index (χ0) is 17.4. The summed E-state index contributed by atoms with van der Waals surface area (Å²) in [6.45, 7) is 1.24. The van der Waals surface area contributed by atoms with Crippen LogP contribution in [0.15, 0.2) is 0 Å². The second-order valence-corrected chi connectivity index (χ2v) is 8.93. The fourth-order valence-corrected chi connectivity index (χ4v) is 4.69. The van der Waals surface area contributed by atoms with Gasteiger partial charge in [0.2, 0.25) is 15.9 Å². The van der Waals surface area contributed by atoms with Gasteiger partial charge in [0.15, 0.2) is 0 Å². The SMILES string of the molecule is COCC[C@@H]1C[C@]1(NC(=O)C1CCCN1)C(=O)NS(=O)(=O)C1CC1. The number of sulfonamides is 1. The van der Waals surface area contributed by atoms with Crippen LogP contribution < -0.4 is 15.4 Å². The highest BCUT2D eigenvalue weighted by molar-refractivity contribution is 7.90. The molecule has 1 unspecified atom stereocenters. The first kappa shape index (κ1) is 17.6. The number of hydrogen-bond donors (Lipinski definition) is 3. The van der Waals surface area contributed by atoms with Gasteiger partial charge in [-0.3, -0.25) is 14.3 Å². The lowest BCUT2D eigenvalue weighted by Gasteiger charge is -2.21. The highest BCUT2D eigenvalue weighted by Crippen LogP contribution is 2.46. The summed E-state index contributed by atoms with van der Waals surface area (Å²) in [4.78, 5) is 25.0. The van der Waals surface area contributed by atoms with Gasteiger partial charge in [0.25, 0.3) is 5.91 Å². The maximum Gasteiger partial charge on any atom is 0.259 e. The Morgan fingerprint density at radius 3 is 2.62 bits per heavy atom. The lowest BCUT2D eigenvalue weighted by atomic mass is 10.1. The second kappa shape index (κ2) is 6.61. The molecule has 0 radical (unpaired) electrons. The van der Waals surface area contributed by atoms with Crippen molar-refractivity contribution in [2.45, 2.75) is 55.4 Å². The number of amides is 2. The van der Waals surface area contributed by atoms with Crippen LogP contribution in [-0.4, -0.2) is 57.3 Å². The number of carbonyl (C=O) groups is 2. The summed E-state index contributed by atoms with van der Waals surface area (Å²) in [5.41, 5.74) is -1.12. The van der Waals surface area contributed by atoms with Crippen molar-refractivity contribution >= 4 is 21.8 Å². The van der Waals surface area contributed by atoms with Crippen molar-refractivity contribution in [1.82, 2.24) is 15.4 Å². The van der Waals surface area contributed by atoms with Crippen LogP contribution in [0.2, 0.25) is 0 Å². The molecule has 0 bridgehead atoms. The molecule has 1 aliphatic heterocycles. The summed E-state index contributed by atoms with van der Waals surface area (Å²) in [7, 11) is -2.05. The standard InChI is InChI=1S/C15H25N3O5S/c1-23-8-6-10-9-15(10,17-13(19)12-3-2-7-16-12)14(20)18-24(21,22)11-4-5-11/h10-12,16H,2-9H2,1H3,(H,17,19)(H,18,20)/t10-,12?,15-/m1/s1. The molecule has 3 N–H and O–H groups in total. The van der Waals surface area contributed by atoms with Crippen LogP contribution in [0.4, 0.5) is 0 Å². The van der Waals surface area contributed by atoms with Crippen molar-refractivity contribution in [2.75, 3.05) is 20.3 Å². The first-order valence-corrected chi connectivity index (χ1v) is 10.0. The van der Waals surface area contributed by atoms with Crippen LogP contribution in [-0.2, 0) is 24.3 Å². The highest BCUT2D eigenvalue weighted by Gasteiger charge is 2.62. The van der Waals surface area contributed by atoms with E-state index in [1.807, 2.05) is 0 Å². The molecule has 3 fully saturated rings. The predicted molar refractivity (Wildman–Crippen MR) is 86.6 cm³/mol. The van der Waals surface area contributed by atoms with Crippen LogP contribution in [0.5, 0.6) is 0 Å². The third-order valence-electron chi connectivity index (χ3n) is 5.10. The molecule has 3 atom stereocenters. The minimum Gasteiger partial charge on any atom is -0.385 e. The van der Waals surface area contributed by atoms with Crippen LogP contribution in [0, 0.1) is 5.92 Å². The fourth-order valence-electron chi connectivity index (χ4n) is 3.32. The summed E-state index contributed by atoms with van der Waals surface area (Å²) in [6.07, 6.45) is 3.86. The molecule has 9 heteroatoms. The fraction of sp³-hybridized carbons (Fsp3) is 0.867. The number of rotatable bonds is 8. The van der Waals surface area contributed by atoms with Gasteiger partial charge >= 0.3 is 0 Å². The Kier molecular flexibility index (Phi) is 4.85. The Balaban J connectivity index is 1.68. The largest absolute Gasteiger partial charge is 0.385 e. The Bertz CT molecular complexity index is 613. The highest BCUT2D eigenvalue weighted by atomic mass is 32.2. The smallest absolute Gasteiger partial charge is 0.259 e. The van der Waals surface area contributed by atoms with Crippen molar-refractivity contribution < 1.29 is 22.7 Å². The van der Waals surface area contributed by atoms with Crippen molar-refractivity contribution in [3.8, 4) is 0 Å². The first-order chi connectivity index (χ1) is 11.4. The molecule has 24 heavy (non-hydrogen) atoms. The second-order valence-electron chi connectivity index (χ2n) is 6.97. The normalized spacial score (nSPS) is 32.4. The van der Waals surface area contributed by atoms with Crippen molar-refractivity contribution in [3.05, 3.63) is 0 Å². The number of nitrogens with one attached hydrogen (secondary N) is 3. The third kappa shape index (κ3) is 3.57. The molecule has 0 aromatic rings. The quantitative estimate of drug-likeness (QED) is 0.526. The molecule has 2 aliphatic carbocycles. The first-order valence-electron chi connectivity index (χ1n) is 8.49. The Labute approximate surface area is 142 Å². The monoisotopic (exact) mass is 359 g/mol. The molecule has 1 heterocycles. The summed E-state index contributed by atoms with van der Waals surface area (Å²) in [5, 5.41) is 5.44. The van der Waals surface area contributed by atoms with Gasteiger partial charge in [-0.1, -0.05) is 0 Å². The Hall–Kier alpha value is -1.19. The van der Waals surface area contributed by atoms with E-state index in [1.54, 1.807) is 7.11 Å². The van der Waals surface area contributed by atoms with Crippen molar-refractivity contribution in [1.29, 1.82) is 0 Å². The summed E-state index contributed by atoms with van der Waals surface area (Å²) < 4.78 is 31.3. The van der Waals surface area contributed by atoms with E-state index in [4.69, 9.17) is 4.74 Å². The van der Waals surface area contributed by atoms with E-state index in [0.717, 1.165) is 19.4 Å². The lowest BCUT2D eigenvalue weighted by Crippen LogP contribution is -2.55. The molecular formula is C15H25N3O5S. The zero-order valence-electron chi connectivity index (χ0n) is 13.8. The molecule has 0 aromatic heterocycles. The van der Waals surface area contributed by atoms with E-state index in [2.05, 4.69) is 15.4 Å². The van der Waals surface area contributed by atoms with Gasteiger partial charge in [0.1, 0.15) is 5.54 Å². The molecule has 1 saturated heterocycles. The third-order valence-corrected chi connectivity index (χ3v) is 6.92. The maximum absolute atomic E-state index is 12.6. The molecule has 2 saturated carbocycles. The average molecular weight is 359 g/mol. The van der Waals surface area contributed by atoms with Gasteiger partial charge in [0, 0.05) is 13.7 Å². The summed E-state index contributed by atoms with van der Waals surface area (Å²) in [6, 6.07) is -0.307. The molecule has 8 nitrogen and oxygen atoms in total. The maximum atomic E-state index is 12.6. The number of carbonyl (C=O) groups excluding carboxylic acids is 2. The van der Waals surface area contributed by atoms with Gasteiger partial charge < -0.3 is 15.4 Å². The number of methoxy groups -OCH3 is 1. The van der Waals surface area contributed by atoms with E-state index < -0.39 is 26.7 Å². The zero-order valence-corrected chi connectivity index (χ0v) is 14.7. The van der Waals surface area contributed by atoms with E-state index in [0.29, 0.717) is 32.3 Å². The molecule has 3 rings (SSSR count). The summed E-state index contributed by atoms with van der Waals surface area (Å²) in [5.74, 6) is -0.939. The van der Waals surface area contributed by atoms with Gasteiger partial charge in [-0.25, -0.2) is 8.42 Å². The molecule has 0 aromatic carbocycles. The van der Waals surface area contributed by atoms with Crippen LogP contribution >= 0.6 is 0 Å². The van der Waals surface area contributed by atoms with E-state index in [9.17, 15) is 18.0 Å². The predicted octanol–water partition coefficient (Wildman–Crippen LogP) is -0.742. The molecule has 136 valence electrons. The minimum absolute atomic E-state index is 0.0998. The lowest BCUT2D eigenvalue weighted by molar-refractivity contribution is -0.130. The van der Waals surface area contributed by atoms with Gasteiger partial charge in [0.05, 0.1) is 11.3 Å². The topological polar surface area (TPSA) is 114 Å². The van der Waals surface area contributed by atoms with E-state index >= 15 is 0 Å². The molecule has 2 amide bonds. The Morgan fingerprint density at radius 1 is 1.29 bits per heavy atom. The van der Waals surface area contributed by atoms with Gasteiger partial charge in [-0.05, 0) is 51.0 Å². The van der Waals surface area contributed by atoms with Gasteiger partial charge in [-0.15, -0.1) is 0 Å². The molecule has 0 spiro atoms. The number of ether oxygens (including phenoxy) is 1. The Morgan fingerprint density at radius 2 is 2.04 bits per heavy atom. The van der Waals surface area contributed by atoms with E-state index in [1.165, 1.54) is 0 Å². The minimum atomic E-state index is -3.63. The summed E-state index contributed by atoms with van der Waals surface area (Å²) >= 11 is 0. The van der Waals surface area contributed by atoms with E-state index in [-0.39, 0.29) is 17.9 Å². The van der Waals surface area contributed by atoms with Gasteiger partial charge in [-0.2, -0.15) is 0 Å². The molecule has 3 aliphatic rings. The van der Waals surface area contributed by atoms with Crippen molar-refractivity contribution in [3.63, 3.8) is 0 Å². The van der Waals surface area contributed by atoms with Crippen LogP contribution in [0.1, 0.15) is 38.5 Å². The van der Waals surface area contributed by atoms with Crippen LogP contribution in [0.3, 0.4) is 0 Å². The molecular weight excluding hydrogens is 334 g/mol.